The number of aryl methyl sites for hydroxylation is 1. The monoisotopic (exact) mass is 265 g/mol. The van der Waals surface area contributed by atoms with Gasteiger partial charge in [0, 0.05) is 12.1 Å². The average Bonchev–Trinajstić information content (AvgIpc) is 2.38. The van der Waals surface area contributed by atoms with Crippen molar-refractivity contribution < 1.29 is 19.8 Å². The molecule has 1 atom stereocenters. The second-order valence-corrected chi connectivity index (χ2v) is 4.90. The molecule has 0 bridgehead atoms. The molecule has 5 nitrogen and oxygen atoms in total. The van der Waals surface area contributed by atoms with Gasteiger partial charge in [-0.3, -0.25) is 9.59 Å². The quantitative estimate of drug-likeness (QED) is 0.759. The van der Waals surface area contributed by atoms with Crippen LogP contribution in [0.5, 0.6) is 5.75 Å². The highest BCUT2D eigenvalue weighted by atomic mass is 16.4. The largest absolute Gasteiger partial charge is 0.508 e. The highest BCUT2D eigenvalue weighted by Crippen LogP contribution is 2.21. The Morgan fingerprint density at radius 2 is 2.00 bits per heavy atom. The van der Waals surface area contributed by atoms with Gasteiger partial charge in [0.1, 0.15) is 5.75 Å². The fraction of sp³-hybridized carbons (Fsp3) is 0.429. The number of amides is 1. The lowest BCUT2D eigenvalue weighted by atomic mass is 9.87. The lowest BCUT2D eigenvalue weighted by Gasteiger charge is -2.23. The van der Waals surface area contributed by atoms with E-state index in [-0.39, 0.29) is 18.2 Å². The number of carbonyl (C=O) groups is 2. The molecule has 0 heterocycles. The number of aromatic hydroxyl groups is 1. The fourth-order valence-electron chi connectivity index (χ4n) is 1.53. The summed E-state index contributed by atoms with van der Waals surface area (Å²) in [6, 6.07) is 4.51. The number of benzene rings is 1. The first-order valence-corrected chi connectivity index (χ1v) is 6.11. The smallest absolute Gasteiger partial charge is 0.311 e. The molecule has 1 aromatic rings. The van der Waals surface area contributed by atoms with Crippen molar-refractivity contribution in [1.82, 2.24) is 5.32 Å². The van der Waals surface area contributed by atoms with Gasteiger partial charge in [0.15, 0.2) is 0 Å². The molecule has 0 fully saturated rings. The van der Waals surface area contributed by atoms with Crippen LogP contribution in [0.25, 0.3) is 0 Å². The van der Waals surface area contributed by atoms with Crippen LogP contribution in [0, 0.1) is 12.3 Å². The Morgan fingerprint density at radius 1 is 1.37 bits per heavy atom. The van der Waals surface area contributed by atoms with Gasteiger partial charge in [0.2, 0.25) is 0 Å². The summed E-state index contributed by atoms with van der Waals surface area (Å²) in [6.07, 6.45) is 0.428. The molecule has 0 aliphatic rings. The normalized spacial score (nSPS) is 13.6. The zero-order valence-corrected chi connectivity index (χ0v) is 11.4. The fourth-order valence-corrected chi connectivity index (χ4v) is 1.53. The van der Waals surface area contributed by atoms with Gasteiger partial charge in [0.05, 0.1) is 5.41 Å². The van der Waals surface area contributed by atoms with Crippen molar-refractivity contribution in [1.29, 1.82) is 0 Å². The first kappa shape index (κ1) is 15.0. The van der Waals surface area contributed by atoms with Crippen molar-refractivity contribution in [3.05, 3.63) is 29.3 Å². The van der Waals surface area contributed by atoms with Gasteiger partial charge in [-0.15, -0.1) is 0 Å². The van der Waals surface area contributed by atoms with Crippen LogP contribution in [0.15, 0.2) is 18.2 Å². The lowest BCUT2D eigenvalue weighted by Crippen LogP contribution is -2.40. The minimum atomic E-state index is -0.971. The predicted molar refractivity (Wildman–Crippen MR) is 71.2 cm³/mol. The van der Waals surface area contributed by atoms with Crippen LogP contribution in [0.1, 0.15) is 36.2 Å². The van der Waals surface area contributed by atoms with Gasteiger partial charge in [-0.05, 0) is 44.0 Å². The number of carboxylic acids is 1. The van der Waals surface area contributed by atoms with Crippen molar-refractivity contribution in [3.8, 4) is 5.75 Å². The number of aliphatic carboxylic acids is 1. The third-order valence-corrected chi connectivity index (χ3v) is 3.39. The minimum absolute atomic E-state index is 0.0671. The van der Waals surface area contributed by atoms with E-state index in [1.165, 1.54) is 12.1 Å². The van der Waals surface area contributed by atoms with E-state index in [1.807, 2.05) is 0 Å². The number of hydrogen-bond donors (Lipinski definition) is 3. The summed E-state index contributed by atoms with van der Waals surface area (Å²) >= 11 is 0. The van der Waals surface area contributed by atoms with Crippen LogP contribution >= 0.6 is 0 Å². The van der Waals surface area contributed by atoms with Crippen LogP contribution in [0.3, 0.4) is 0 Å². The second-order valence-electron chi connectivity index (χ2n) is 4.90. The molecule has 0 aliphatic heterocycles. The average molecular weight is 265 g/mol. The van der Waals surface area contributed by atoms with Gasteiger partial charge in [-0.2, -0.15) is 0 Å². The van der Waals surface area contributed by atoms with E-state index >= 15 is 0 Å². The molecule has 0 saturated carbocycles. The maximum Gasteiger partial charge on any atom is 0.311 e. The Kier molecular flexibility index (Phi) is 4.53. The molecule has 1 aromatic carbocycles. The maximum absolute atomic E-state index is 11.9. The molecule has 1 amide bonds. The number of carboxylic acid groups (broad SMARTS) is 1. The predicted octanol–water partition coefficient (Wildman–Crippen LogP) is 1.93. The molecule has 0 saturated heterocycles. The van der Waals surface area contributed by atoms with Crippen LogP contribution < -0.4 is 5.32 Å². The molecule has 0 radical (unpaired) electrons. The standard InChI is InChI=1S/C14H19NO4/c1-4-14(3,13(18)19)8-15-12(17)10-5-6-11(16)9(2)7-10/h5-7,16H,4,8H2,1-3H3,(H,15,17)(H,18,19). The SMILES string of the molecule is CCC(C)(CNC(=O)c1ccc(O)c(C)c1)C(=O)O. The van der Waals surface area contributed by atoms with Gasteiger partial charge in [-0.25, -0.2) is 0 Å². The van der Waals surface area contributed by atoms with E-state index in [9.17, 15) is 14.7 Å². The molecular weight excluding hydrogens is 246 g/mol. The Hall–Kier alpha value is -2.04. The van der Waals surface area contributed by atoms with E-state index in [2.05, 4.69) is 5.32 Å². The molecule has 0 spiro atoms. The summed E-state index contributed by atoms with van der Waals surface area (Å²) < 4.78 is 0. The zero-order chi connectivity index (χ0) is 14.6. The number of phenols is 1. The number of phenolic OH excluding ortho intramolecular Hbond substituents is 1. The second kappa shape index (κ2) is 5.73. The first-order valence-electron chi connectivity index (χ1n) is 6.11. The van der Waals surface area contributed by atoms with Gasteiger partial charge in [-0.1, -0.05) is 6.92 Å². The van der Waals surface area contributed by atoms with E-state index in [0.717, 1.165) is 0 Å². The Balaban J connectivity index is 2.75. The number of rotatable bonds is 5. The number of carbonyl (C=O) groups excluding carboxylic acids is 1. The Morgan fingerprint density at radius 3 is 2.47 bits per heavy atom. The molecular formula is C14H19NO4. The van der Waals surface area contributed by atoms with Gasteiger partial charge >= 0.3 is 5.97 Å². The van der Waals surface area contributed by atoms with Crippen LogP contribution in [0.2, 0.25) is 0 Å². The highest BCUT2D eigenvalue weighted by Gasteiger charge is 2.31. The molecule has 5 heteroatoms. The zero-order valence-electron chi connectivity index (χ0n) is 11.4. The van der Waals surface area contributed by atoms with E-state index in [0.29, 0.717) is 17.5 Å². The van der Waals surface area contributed by atoms with E-state index in [1.54, 1.807) is 26.8 Å². The van der Waals surface area contributed by atoms with E-state index in [4.69, 9.17) is 5.11 Å². The Bertz CT molecular complexity index is 498. The van der Waals surface area contributed by atoms with Gasteiger partial charge in [0.25, 0.3) is 5.91 Å². The van der Waals surface area contributed by atoms with Crippen molar-refractivity contribution in [2.75, 3.05) is 6.54 Å². The molecule has 19 heavy (non-hydrogen) atoms. The first-order chi connectivity index (χ1) is 8.80. The minimum Gasteiger partial charge on any atom is -0.508 e. The van der Waals surface area contributed by atoms with Crippen molar-refractivity contribution in [2.45, 2.75) is 27.2 Å². The summed E-state index contributed by atoms with van der Waals surface area (Å²) in [4.78, 5) is 23.0. The van der Waals surface area contributed by atoms with Gasteiger partial charge < -0.3 is 15.5 Å². The summed E-state index contributed by atoms with van der Waals surface area (Å²) in [6.45, 7) is 5.12. The number of nitrogens with one attached hydrogen (secondary N) is 1. The van der Waals surface area contributed by atoms with Crippen molar-refractivity contribution in [3.63, 3.8) is 0 Å². The van der Waals surface area contributed by atoms with Crippen molar-refractivity contribution >= 4 is 11.9 Å². The summed E-state index contributed by atoms with van der Waals surface area (Å²) in [7, 11) is 0. The summed E-state index contributed by atoms with van der Waals surface area (Å²) in [5, 5.41) is 21.1. The molecule has 1 unspecified atom stereocenters. The van der Waals surface area contributed by atoms with Crippen LogP contribution in [-0.2, 0) is 4.79 Å². The number of hydrogen-bond acceptors (Lipinski definition) is 3. The third kappa shape index (κ3) is 3.47. The molecule has 3 N–H and O–H groups in total. The van der Waals surface area contributed by atoms with Crippen molar-refractivity contribution in [2.24, 2.45) is 5.41 Å². The van der Waals surface area contributed by atoms with Crippen LogP contribution in [0.4, 0.5) is 0 Å². The molecule has 1 rings (SSSR count). The topological polar surface area (TPSA) is 86.6 Å². The summed E-state index contributed by atoms with van der Waals surface area (Å²) in [5.41, 5.74) is 0.0324. The van der Waals surface area contributed by atoms with Crippen LogP contribution in [-0.4, -0.2) is 28.6 Å². The Labute approximate surface area is 112 Å². The third-order valence-electron chi connectivity index (χ3n) is 3.39. The highest BCUT2D eigenvalue weighted by molar-refractivity contribution is 5.94. The molecule has 104 valence electrons. The maximum atomic E-state index is 11.9. The lowest BCUT2D eigenvalue weighted by molar-refractivity contribution is -0.147. The molecule has 0 aromatic heterocycles. The summed E-state index contributed by atoms with van der Waals surface area (Å²) in [5.74, 6) is -1.15. The van der Waals surface area contributed by atoms with E-state index < -0.39 is 11.4 Å². The molecule has 0 aliphatic carbocycles.